The molecule has 0 saturated carbocycles. The first-order valence-electron chi connectivity index (χ1n) is 12.3. The quantitative estimate of drug-likeness (QED) is 0.231. The number of aromatic hydroxyl groups is 1. The van der Waals surface area contributed by atoms with E-state index in [1.54, 1.807) is 0 Å². The molecule has 4 rings (SSSR count). The van der Waals surface area contributed by atoms with Gasteiger partial charge in [0.05, 0.1) is 36.5 Å². The first-order valence-corrected chi connectivity index (χ1v) is 12.3. The second-order valence-electron chi connectivity index (χ2n) is 9.07. The number of hydrogen-bond donors (Lipinski definition) is 4. The monoisotopic (exact) mass is 524 g/mol. The number of nitrogens with one attached hydrogen (secondary N) is 2. The SMILES string of the molecule is CCc1cccc(CNC[C@@H](O)[C@H](Cc2cc(F)cc(F)c2)NC(=O)c2cc(OC)c3occc3c2O)c1. The highest BCUT2D eigenvalue weighted by Crippen LogP contribution is 2.36. The molecule has 9 heteroatoms. The summed E-state index contributed by atoms with van der Waals surface area (Å²) in [5.41, 5.74) is 2.67. The van der Waals surface area contributed by atoms with Crippen LogP contribution in [0.4, 0.5) is 8.78 Å². The number of aliphatic hydroxyl groups excluding tert-OH is 1. The number of halogens is 2. The topological polar surface area (TPSA) is 104 Å². The number of carbonyl (C=O) groups excluding carboxylic acids is 1. The summed E-state index contributed by atoms with van der Waals surface area (Å²) in [6.45, 7) is 2.64. The summed E-state index contributed by atoms with van der Waals surface area (Å²) in [4.78, 5) is 13.3. The van der Waals surface area contributed by atoms with Gasteiger partial charge in [-0.2, -0.15) is 0 Å². The highest BCUT2D eigenvalue weighted by Gasteiger charge is 2.26. The Morgan fingerprint density at radius 2 is 1.79 bits per heavy atom. The smallest absolute Gasteiger partial charge is 0.255 e. The number of aliphatic hydroxyl groups is 1. The number of fused-ring (bicyclic) bond motifs is 1. The van der Waals surface area contributed by atoms with E-state index < -0.39 is 29.7 Å². The molecule has 200 valence electrons. The number of benzene rings is 3. The molecular weight excluding hydrogens is 494 g/mol. The van der Waals surface area contributed by atoms with E-state index in [4.69, 9.17) is 9.15 Å². The number of phenolic OH excluding ortho intramolecular Hbond substituents is 1. The Morgan fingerprint density at radius 3 is 2.50 bits per heavy atom. The number of methoxy groups -OCH3 is 1. The zero-order valence-electron chi connectivity index (χ0n) is 21.1. The normalized spacial score (nSPS) is 12.9. The lowest BCUT2D eigenvalue weighted by molar-refractivity contribution is 0.0827. The molecule has 0 aliphatic rings. The van der Waals surface area contributed by atoms with Gasteiger partial charge in [-0.3, -0.25) is 4.79 Å². The summed E-state index contributed by atoms with van der Waals surface area (Å²) >= 11 is 0. The van der Waals surface area contributed by atoms with Crippen molar-refractivity contribution in [1.29, 1.82) is 0 Å². The van der Waals surface area contributed by atoms with E-state index in [1.165, 1.54) is 31.1 Å². The first-order chi connectivity index (χ1) is 18.3. The van der Waals surface area contributed by atoms with Crippen molar-refractivity contribution >= 4 is 16.9 Å². The molecule has 1 amide bonds. The van der Waals surface area contributed by atoms with Gasteiger partial charge >= 0.3 is 0 Å². The Morgan fingerprint density at radius 1 is 1.05 bits per heavy atom. The van der Waals surface area contributed by atoms with E-state index in [1.807, 2.05) is 18.2 Å². The van der Waals surface area contributed by atoms with Crippen LogP contribution in [0.5, 0.6) is 11.5 Å². The van der Waals surface area contributed by atoms with Gasteiger partial charge in [0, 0.05) is 25.2 Å². The zero-order chi connectivity index (χ0) is 27.2. The third-order valence-corrected chi connectivity index (χ3v) is 6.38. The molecule has 1 heterocycles. The van der Waals surface area contributed by atoms with Crippen LogP contribution in [-0.2, 0) is 19.4 Å². The van der Waals surface area contributed by atoms with Gasteiger partial charge in [-0.1, -0.05) is 31.2 Å². The van der Waals surface area contributed by atoms with E-state index >= 15 is 0 Å². The maximum absolute atomic E-state index is 13.9. The summed E-state index contributed by atoms with van der Waals surface area (Å²) in [7, 11) is 1.41. The van der Waals surface area contributed by atoms with Crippen LogP contribution in [0.3, 0.4) is 0 Å². The molecule has 38 heavy (non-hydrogen) atoms. The summed E-state index contributed by atoms with van der Waals surface area (Å²) in [6, 6.07) is 13.0. The molecule has 0 aliphatic carbocycles. The zero-order valence-corrected chi connectivity index (χ0v) is 21.1. The third kappa shape index (κ3) is 6.30. The lowest BCUT2D eigenvalue weighted by Crippen LogP contribution is -2.48. The van der Waals surface area contributed by atoms with E-state index in [9.17, 15) is 23.8 Å². The minimum Gasteiger partial charge on any atom is -0.506 e. The van der Waals surface area contributed by atoms with E-state index in [0.717, 1.165) is 30.2 Å². The van der Waals surface area contributed by atoms with E-state index in [0.29, 0.717) is 6.54 Å². The Kier molecular flexibility index (Phi) is 8.60. The summed E-state index contributed by atoms with van der Waals surface area (Å²) in [6.07, 6.45) is 1.08. The molecule has 4 N–H and O–H groups in total. The highest BCUT2D eigenvalue weighted by atomic mass is 19.1. The maximum atomic E-state index is 13.9. The number of ether oxygens (including phenoxy) is 1. The van der Waals surface area contributed by atoms with E-state index in [2.05, 4.69) is 23.6 Å². The summed E-state index contributed by atoms with van der Waals surface area (Å²) in [5, 5.41) is 27.9. The molecule has 0 spiro atoms. The third-order valence-electron chi connectivity index (χ3n) is 6.38. The lowest BCUT2D eigenvalue weighted by atomic mass is 9.99. The summed E-state index contributed by atoms with van der Waals surface area (Å²) in [5.74, 6) is -2.29. The standard InChI is InChI=1S/C29H30F2N2O5/c1-3-17-5-4-6-18(9-17)15-32-16-25(34)24(12-19-10-20(30)13-21(31)11-19)33-29(36)23-14-26(37-2)28-22(27(23)35)7-8-38-28/h4-11,13-14,24-25,32,34-35H,3,12,15-16H2,1-2H3,(H,33,36)/t24-,25+/m0/s1. The minimum atomic E-state index is -1.12. The van der Waals surface area contributed by atoms with Gasteiger partial charge in [0.25, 0.3) is 5.91 Å². The summed E-state index contributed by atoms with van der Waals surface area (Å²) < 4.78 is 38.3. The molecule has 0 radical (unpaired) electrons. The fraction of sp³-hybridized carbons (Fsp3) is 0.276. The van der Waals surface area contributed by atoms with Crippen molar-refractivity contribution in [3.8, 4) is 11.5 Å². The fourth-order valence-electron chi connectivity index (χ4n) is 4.40. The van der Waals surface area contributed by atoms with Crippen LogP contribution in [-0.4, -0.2) is 41.9 Å². The van der Waals surface area contributed by atoms with Gasteiger partial charge in [0.15, 0.2) is 11.3 Å². The Labute approximate surface area is 219 Å². The van der Waals surface area contributed by atoms with Crippen molar-refractivity contribution in [3.05, 3.63) is 94.7 Å². The molecule has 1 aromatic heterocycles. The van der Waals surface area contributed by atoms with Crippen molar-refractivity contribution in [2.24, 2.45) is 0 Å². The number of carbonyl (C=O) groups is 1. The van der Waals surface area contributed by atoms with Crippen LogP contribution in [0.15, 0.2) is 65.3 Å². The molecule has 0 bridgehead atoms. The average molecular weight is 525 g/mol. The molecule has 0 saturated heterocycles. The Bertz CT molecular complexity index is 1400. The van der Waals surface area contributed by atoms with Crippen molar-refractivity contribution in [1.82, 2.24) is 10.6 Å². The number of aryl methyl sites for hydroxylation is 1. The molecule has 7 nitrogen and oxygen atoms in total. The number of phenols is 1. The van der Waals surface area contributed by atoms with Gasteiger partial charge in [-0.25, -0.2) is 8.78 Å². The number of rotatable bonds is 11. The van der Waals surface area contributed by atoms with Gasteiger partial charge in [0.1, 0.15) is 17.4 Å². The Hall–Kier alpha value is -3.95. The van der Waals surface area contributed by atoms with Crippen LogP contribution in [0, 0.1) is 11.6 Å². The van der Waals surface area contributed by atoms with Gasteiger partial charge in [0.2, 0.25) is 0 Å². The molecule has 0 fully saturated rings. The molecule has 4 aromatic rings. The Balaban J connectivity index is 1.54. The lowest BCUT2D eigenvalue weighted by Gasteiger charge is -2.25. The van der Waals surface area contributed by atoms with Crippen molar-refractivity contribution in [3.63, 3.8) is 0 Å². The number of amides is 1. The predicted molar refractivity (Wildman–Crippen MR) is 139 cm³/mol. The molecular formula is C29H30F2N2O5. The number of furan rings is 1. The van der Waals surface area contributed by atoms with Crippen molar-refractivity contribution in [2.45, 2.75) is 38.5 Å². The average Bonchev–Trinajstić information content (AvgIpc) is 3.39. The van der Waals surface area contributed by atoms with Crippen LogP contribution in [0.25, 0.3) is 11.0 Å². The largest absolute Gasteiger partial charge is 0.506 e. The van der Waals surface area contributed by atoms with Crippen LogP contribution < -0.4 is 15.4 Å². The minimum absolute atomic E-state index is 0.0551. The van der Waals surface area contributed by atoms with E-state index in [-0.39, 0.29) is 46.6 Å². The van der Waals surface area contributed by atoms with Crippen LogP contribution in [0.1, 0.15) is 34.0 Å². The van der Waals surface area contributed by atoms with Crippen LogP contribution >= 0.6 is 0 Å². The van der Waals surface area contributed by atoms with Crippen LogP contribution in [0.2, 0.25) is 0 Å². The molecule has 2 atom stereocenters. The molecule has 0 unspecified atom stereocenters. The molecule has 3 aromatic carbocycles. The predicted octanol–water partition coefficient (Wildman–Crippen LogP) is 4.48. The first kappa shape index (κ1) is 27.1. The molecule has 0 aliphatic heterocycles. The maximum Gasteiger partial charge on any atom is 0.255 e. The van der Waals surface area contributed by atoms with Gasteiger partial charge < -0.3 is 30.0 Å². The number of hydrogen-bond acceptors (Lipinski definition) is 6. The van der Waals surface area contributed by atoms with Crippen molar-refractivity contribution < 1.29 is 32.9 Å². The fourth-order valence-corrected chi connectivity index (χ4v) is 4.40. The highest BCUT2D eigenvalue weighted by molar-refractivity contribution is 6.04. The second kappa shape index (κ2) is 12.1. The van der Waals surface area contributed by atoms with Gasteiger partial charge in [-0.15, -0.1) is 0 Å². The second-order valence-corrected chi connectivity index (χ2v) is 9.07. The van der Waals surface area contributed by atoms with Crippen molar-refractivity contribution in [2.75, 3.05) is 13.7 Å². The van der Waals surface area contributed by atoms with Gasteiger partial charge in [-0.05, 0) is 47.7 Å².